The first kappa shape index (κ1) is 32.5. The Kier molecular flexibility index (Phi) is 9.57. The Morgan fingerprint density at radius 2 is 1.63 bits per heavy atom. The molecule has 0 fully saturated rings. The van der Waals surface area contributed by atoms with Crippen molar-refractivity contribution < 1.29 is 30.7 Å². The molecule has 8 nitrogen and oxygen atoms in total. The molecule has 0 spiro atoms. The fraction of sp³-hybridized carbons (Fsp3) is 0.355. The normalized spacial score (nSPS) is 17.9. The van der Waals surface area contributed by atoms with E-state index in [1.165, 1.54) is 24.3 Å². The smallest absolute Gasteiger partial charge is 0.294 e. The van der Waals surface area contributed by atoms with Gasteiger partial charge in [-0.3, -0.25) is 9.11 Å². The lowest BCUT2D eigenvalue weighted by Gasteiger charge is -2.33. The first-order valence-electron chi connectivity index (χ1n) is 13.2. The fourth-order valence-corrected chi connectivity index (χ4v) is 6.37. The van der Waals surface area contributed by atoms with E-state index in [1.54, 1.807) is 19.2 Å². The van der Waals surface area contributed by atoms with Crippen LogP contribution in [-0.4, -0.2) is 46.2 Å². The highest BCUT2D eigenvalue weighted by Gasteiger charge is 2.40. The number of rotatable bonds is 11. The van der Waals surface area contributed by atoms with Gasteiger partial charge in [0.1, 0.15) is 0 Å². The number of ether oxygens (including phenoxy) is 1. The first-order valence-corrected chi connectivity index (χ1v) is 16.1. The Hall–Kier alpha value is -3.02. The third-order valence-corrected chi connectivity index (χ3v) is 9.57. The lowest BCUT2D eigenvalue weighted by Crippen LogP contribution is -2.27. The average Bonchev–Trinajstić information content (AvgIpc) is 3.11. The van der Waals surface area contributed by atoms with Gasteiger partial charge in [0.2, 0.25) is 0 Å². The second-order valence-electron chi connectivity index (χ2n) is 10.9. The van der Waals surface area contributed by atoms with Crippen LogP contribution >= 0.6 is 0 Å². The standard InChI is InChI=1S/C31H39NO7S2/c1-8-32-28-17-16-25(41(36,37)38)21-27(28)30(4,5)29(32)13-11-9-10-12-23(3)31(6,18-19-39-7)26-20-24(40(33,34)35)15-14-22(26)2/h9-17,20-21H,3,8,18-19H2,1-2,4-7H3,(H,33,34,35)(H,36,37,38)/b11-9+,12-10+,29-13+. The first-order chi connectivity index (χ1) is 19.0. The highest BCUT2D eigenvalue weighted by atomic mass is 32.2. The molecule has 0 aliphatic carbocycles. The number of anilines is 1. The number of methoxy groups -OCH3 is 1. The summed E-state index contributed by atoms with van der Waals surface area (Å²) in [5.41, 5.74) is 3.86. The van der Waals surface area contributed by atoms with Crippen molar-refractivity contribution in [3.05, 3.63) is 101 Å². The third kappa shape index (κ3) is 6.73. The highest BCUT2D eigenvalue weighted by molar-refractivity contribution is 7.86. The highest BCUT2D eigenvalue weighted by Crippen LogP contribution is 2.48. The fourth-order valence-electron chi connectivity index (χ4n) is 5.35. The number of hydrogen-bond donors (Lipinski definition) is 2. The summed E-state index contributed by atoms with van der Waals surface area (Å²) in [7, 11) is -7.09. The van der Waals surface area contributed by atoms with Crippen LogP contribution in [0.15, 0.2) is 94.4 Å². The van der Waals surface area contributed by atoms with Crippen molar-refractivity contribution in [2.24, 2.45) is 0 Å². The molecule has 222 valence electrons. The van der Waals surface area contributed by atoms with Gasteiger partial charge in [-0.1, -0.05) is 57.7 Å². The van der Waals surface area contributed by atoms with Gasteiger partial charge < -0.3 is 9.64 Å². The van der Waals surface area contributed by atoms with Crippen LogP contribution in [0.3, 0.4) is 0 Å². The maximum atomic E-state index is 11.8. The van der Waals surface area contributed by atoms with Crippen molar-refractivity contribution in [2.45, 2.75) is 61.7 Å². The monoisotopic (exact) mass is 601 g/mol. The minimum Gasteiger partial charge on any atom is -0.385 e. The molecular weight excluding hydrogens is 562 g/mol. The molecule has 2 N–H and O–H groups in total. The van der Waals surface area contributed by atoms with Gasteiger partial charge >= 0.3 is 0 Å². The van der Waals surface area contributed by atoms with Crippen molar-refractivity contribution in [2.75, 3.05) is 25.2 Å². The number of hydrogen-bond acceptors (Lipinski definition) is 6. The summed E-state index contributed by atoms with van der Waals surface area (Å²) in [5.74, 6) is 0. The molecular formula is C31H39NO7S2. The van der Waals surface area contributed by atoms with Crippen molar-refractivity contribution in [3.63, 3.8) is 0 Å². The van der Waals surface area contributed by atoms with Gasteiger partial charge in [0.15, 0.2) is 0 Å². The minimum absolute atomic E-state index is 0.132. The Bertz CT molecular complexity index is 1630. The van der Waals surface area contributed by atoms with Gasteiger partial charge in [-0.25, -0.2) is 0 Å². The Morgan fingerprint density at radius 3 is 2.22 bits per heavy atom. The molecule has 1 unspecified atom stereocenters. The summed E-state index contributed by atoms with van der Waals surface area (Å²) in [4.78, 5) is 1.81. The Morgan fingerprint density at radius 1 is 1.02 bits per heavy atom. The quantitative estimate of drug-likeness (QED) is 0.232. The molecule has 2 aromatic rings. The van der Waals surface area contributed by atoms with E-state index in [0.29, 0.717) is 19.6 Å². The van der Waals surface area contributed by atoms with Crippen LogP contribution in [0, 0.1) is 6.92 Å². The summed E-state index contributed by atoms with van der Waals surface area (Å²) in [5, 5.41) is 0. The number of likely N-dealkylation sites (N-methyl/N-ethyl adjacent to an activating group) is 1. The number of nitrogens with zero attached hydrogens (tertiary/aromatic N) is 1. The molecule has 0 radical (unpaired) electrons. The van der Waals surface area contributed by atoms with E-state index in [4.69, 9.17) is 4.74 Å². The summed E-state index contributed by atoms with van der Waals surface area (Å²) < 4.78 is 71.6. The van der Waals surface area contributed by atoms with Crippen molar-refractivity contribution in [3.8, 4) is 0 Å². The van der Waals surface area contributed by atoms with Gasteiger partial charge in [-0.05, 0) is 78.9 Å². The second kappa shape index (κ2) is 12.1. The van der Waals surface area contributed by atoms with E-state index >= 15 is 0 Å². The Balaban J connectivity index is 1.92. The number of benzene rings is 2. The summed E-state index contributed by atoms with van der Waals surface area (Å²) in [6, 6.07) is 9.21. The lowest BCUT2D eigenvalue weighted by atomic mass is 9.72. The van der Waals surface area contributed by atoms with E-state index in [9.17, 15) is 25.9 Å². The summed E-state index contributed by atoms with van der Waals surface area (Å²) in [6.45, 7) is 15.3. The zero-order valence-electron chi connectivity index (χ0n) is 24.4. The van der Waals surface area contributed by atoms with Crippen LogP contribution in [0.25, 0.3) is 0 Å². The van der Waals surface area contributed by atoms with E-state index in [2.05, 4.69) is 11.5 Å². The molecule has 0 amide bonds. The lowest BCUT2D eigenvalue weighted by molar-refractivity contribution is 0.178. The van der Waals surface area contributed by atoms with Crippen LogP contribution in [0.5, 0.6) is 0 Å². The average molecular weight is 602 g/mol. The molecule has 1 aliphatic heterocycles. The molecule has 2 aromatic carbocycles. The molecule has 3 rings (SSSR count). The van der Waals surface area contributed by atoms with E-state index in [0.717, 1.165) is 33.6 Å². The van der Waals surface area contributed by atoms with Crippen molar-refractivity contribution in [1.82, 2.24) is 0 Å². The van der Waals surface area contributed by atoms with Crippen molar-refractivity contribution in [1.29, 1.82) is 0 Å². The predicted octanol–water partition coefficient (Wildman–Crippen LogP) is 6.15. The maximum Gasteiger partial charge on any atom is 0.294 e. The van der Waals surface area contributed by atoms with Crippen molar-refractivity contribution >= 4 is 25.9 Å². The van der Waals surface area contributed by atoms with Gasteiger partial charge in [0.05, 0.1) is 9.79 Å². The second-order valence-corrected chi connectivity index (χ2v) is 13.7. The maximum absolute atomic E-state index is 11.8. The largest absolute Gasteiger partial charge is 0.385 e. The van der Waals surface area contributed by atoms with Crippen LogP contribution in [0.2, 0.25) is 0 Å². The topological polar surface area (TPSA) is 121 Å². The van der Waals surface area contributed by atoms with Crippen LogP contribution in [0.1, 0.15) is 50.8 Å². The molecule has 1 aliphatic rings. The number of fused-ring (bicyclic) bond motifs is 1. The van der Waals surface area contributed by atoms with Gasteiger partial charge in [0.25, 0.3) is 20.2 Å². The molecule has 1 heterocycles. The van der Waals surface area contributed by atoms with E-state index in [-0.39, 0.29) is 9.79 Å². The predicted molar refractivity (Wildman–Crippen MR) is 163 cm³/mol. The molecule has 0 saturated heterocycles. The summed E-state index contributed by atoms with van der Waals surface area (Å²) in [6.07, 6.45) is 10.0. The van der Waals surface area contributed by atoms with Gasteiger partial charge in [-0.2, -0.15) is 16.8 Å². The van der Waals surface area contributed by atoms with Crippen LogP contribution < -0.4 is 4.90 Å². The molecule has 0 aromatic heterocycles. The van der Waals surface area contributed by atoms with Gasteiger partial charge in [-0.15, -0.1) is 0 Å². The molecule has 10 heteroatoms. The van der Waals surface area contributed by atoms with E-state index < -0.39 is 31.1 Å². The van der Waals surface area contributed by atoms with Crippen LogP contribution in [0.4, 0.5) is 5.69 Å². The Labute approximate surface area is 244 Å². The van der Waals surface area contributed by atoms with Crippen LogP contribution in [-0.2, 0) is 35.8 Å². The molecule has 0 saturated carbocycles. The zero-order chi connectivity index (χ0) is 30.8. The van der Waals surface area contributed by atoms with E-state index in [1.807, 2.05) is 65.0 Å². The van der Waals surface area contributed by atoms with Gasteiger partial charge in [0, 0.05) is 42.5 Å². The number of allylic oxidation sites excluding steroid dienone is 7. The molecule has 1 atom stereocenters. The molecule has 0 bridgehead atoms. The minimum atomic E-state index is -4.37. The SMILES string of the molecule is C=C(/C=C/C=C/C=C1/N(CC)c2ccc(S(=O)(=O)O)cc2C1(C)C)C(C)(CCOC)c1cc(S(=O)(=O)O)ccc1C. The third-order valence-electron chi connectivity index (χ3n) is 7.87. The zero-order valence-corrected chi connectivity index (χ0v) is 26.0. The number of aryl methyl sites for hydroxylation is 1. The summed E-state index contributed by atoms with van der Waals surface area (Å²) >= 11 is 0. The molecule has 41 heavy (non-hydrogen) atoms.